The fraction of sp³-hybridized carbons (Fsp3) is 0.875. The molecule has 0 aromatic carbocycles. The first kappa shape index (κ1) is 11.4. The molecule has 1 fully saturated rings. The summed E-state index contributed by atoms with van der Waals surface area (Å²) in [4.78, 5) is 10.6. The molecular formula is C8H14O6. The molecule has 1 rings (SSSR count). The number of carbonyl (C=O) groups is 1. The van der Waals surface area contributed by atoms with Crippen LogP contribution in [0.2, 0.25) is 0 Å². The van der Waals surface area contributed by atoms with Crippen LogP contribution in [0.3, 0.4) is 0 Å². The van der Waals surface area contributed by atoms with E-state index in [0.29, 0.717) is 0 Å². The second kappa shape index (κ2) is 4.22. The van der Waals surface area contributed by atoms with Gasteiger partial charge in [0.15, 0.2) is 6.10 Å². The van der Waals surface area contributed by atoms with E-state index in [1.807, 2.05) is 0 Å². The zero-order valence-corrected chi connectivity index (χ0v) is 7.95. The summed E-state index contributed by atoms with van der Waals surface area (Å²) in [6.07, 6.45) is -5.38. The van der Waals surface area contributed by atoms with Gasteiger partial charge in [-0.25, -0.2) is 4.79 Å². The minimum Gasteiger partial charge on any atom is -0.479 e. The van der Waals surface area contributed by atoms with Gasteiger partial charge in [0.2, 0.25) is 0 Å². The first-order chi connectivity index (χ1) is 6.49. The summed E-state index contributed by atoms with van der Waals surface area (Å²) in [5, 5.41) is 27.6. The third-order valence-corrected chi connectivity index (χ3v) is 2.34. The van der Waals surface area contributed by atoms with Gasteiger partial charge in [0.1, 0.15) is 18.3 Å². The van der Waals surface area contributed by atoms with Gasteiger partial charge in [0, 0.05) is 7.11 Å². The lowest BCUT2D eigenvalue weighted by Crippen LogP contribution is -2.59. The van der Waals surface area contributed by atoms with Crippen molar-refractivity contribution in [3.8, 4) is 0 Å². The third kappa shape index (κ3) is 1.88. The number of hydrogen-bond donors (Lipinski definition) is 3. The molecule has 0 aliphatic carbocycles. The number of aliphatic hydroxyl groups excluding tert-OH is 2. The minimum absolute atomic E-state index is 0.570. The zero-order valence-electron chi connectivity index (χ0n) is 7.95. The molecule has 0 saturated carbocycles. The zero-order chi connectivity index (χ0) is 10.9. The molecule has 0 radical (unpaired) electrons. The van der Waals surface area contributed by atoms with Crippen LogP contribution in [0.1, 0.15) is 6.92 Å². The van der Waals surface area contributed by atoms with E-state index in [9.17, 15) is 15.0 Å². The molecule has 1 heterocycles. The van der Waals surface area contributed by atoms with Crippen LogP contribution >= 0.6 is 0 Å². The predicted octanol–water partition coefficient (Wildman–Crippen LogP) is -1.40. The van der Waals surface area contributed by atoms with Gasteiger partial charge in [-0.1, -0.05) is 0 Å². The van der Waals surface area contributed by atoms with Crippen LogP contribution in [-0.2, 0) is 14.3 Å². The fourth-order valence-corrected chi connectivity index (χ4v) is 1.58. The Bertz CT molecular complexity index is 218. The summed E-state index contributed by atoms with van der Waals surface area (Å²) in [5.41, 5.74) is 0. The molecule has 0 bridgehead atoms. The topological polar surface area (TPSA) is 96.2 Å². The standard InChI is InChI=1S/C8H14O6/c1-3-6(13-2)4(9)5(10)7(14-3)8(11)12/h3-7,9-10H,1-2H3,(H,11,12). The largest absolute Gasteiger partial charge is 0.479 e. The number of methoxy groups -OCH3 is 1. The van der Waals surface area contributed by atoms with Crippen LogP contribution in [0.5, 0.6) is 0 Å². The smallest absolute Gasteiger partial charge is 0.335 e. The number of carboxylic acid groups (broad SMARTS) is 1. The maximum atomic E-state index is 10.6. The Morgan fingerprint density at radius 1 is 1.36 bits per heavy atom. The van der Waals surface area contributed by atoms with E-state index in [1.165, 1.54) is 7.11 Å². The summed E-state index contributed by atoms with van der Waals surface area (Å²) in [5.74, 6) is -1.29. The highest BCUT2D eigenvalue weighted by Crippen LogP contribution is 2.22. The van der Waals surface area contributed by atoms with E-state index in [4.69, 9.17) is 14.6 Å². The Balaban J connectivity index is 2.77. The molecule has 6 nitrogen and oxygen atoms in total. The van der Waals surface area contributed by atoms with Crippen LogP contribution in [0.15, 0.2) is 0 Å². The Morgan fingerprint density at radius 3 is 2.36 bits per heavy atom. The molecule has 1 saturated heterocycles. The number of carboxylic acids is 1. The van der Waals surface area contributed by atoms with Crippen LogP contribution in [0.25, 0.3) is 0 Å². The van der Waals surface area contributed by atoms with E-state index in [-0.39, 0.29) is 0 Å². The van der Waals surface area contributed by atoms with Gasteiger partial charge in [-0.15, -0.1) is 0 Å². The van der Waals surface area contributed by atoms with Crippen molar-refractivity contribution in [2.45, 2.75) is 37.4 Å². The van der Waals surface area contributed by atoms with Gasteiger partial charge < -0.3 is 24.8 Å². The number of aliphatic hydroxyl groups is 2. The summed E-state index contributed by atoms with van der Waals surface area (Å²) < 4.78 is 9.89. The van der Waals surface area contributed by atoms with Crippen molar-refractivity contribution in [3.63, 3.8) is 0 Å². The lowest BCUT2D eigenvalue weighted by atomic mass is 9.95. The average Bonchev–Trinajstić information content (AvgIpc) is 2.12. The molecular weight excluding hydrogens is 192 g/mol. The van der Waals surface area contributed by atoms with E-state index in [0.717, 1.165) is 0 Å². The highest BCUT2D eigenvalue weighted by molar-refractivity contribution is 5.73. The Hall–Kier alpha value is -0.690. The van der Waals surface area contributed by atoms with Crippen molar-refractivity contribution >= 4 is 5.97 Å². The monoisotopic (exact) mass is 206 g/mol. The van der Waals surface area contributed by atoms with Gasteiger partial charge in [-0.3, -0.25) is 0 Å². The molecule has 1 aliphatic rings. The number of aliphatic carboxylic acids is 1. The van der Waals surface area contributed by atoms with Crippen molar-refractivity contribution < 1.29 is 29.6 Å². The molecule has 5 atom stereocenters. The molecule has 3 N–H and O–H groups in total. The van der Waals surface area contributed by atoms with Gasteiger partial charge in [0.05, 0.1) is 6.10 Å². The van der Waals surface area contributed by atoms with Crippen LogP contribution in [-0.4, -0.2) is 58.9 Å². The van der Waals surface area contributed by atoms with E-state index < -0.39 is 36.5 Å². The first-order valence-corrected chi connectivity index (χ1v) is 4.26. The summed E-state index contributed by atoms with van der Waals surface area (Å²) in [7, 11) is 1.36. The highest BCUT2D eigenvalue weighted by atomic mass is 16.6. The van der Waals surface area contributed by atoms with Gasteiger partial charge in [-0.2, -0.15) is 0 Å². The maximum absolute atomic E-state index is 10.6. The summed E-state index contributed by atoms with van der Waals surface area (Å²) in [6.45, 7) is 1.58. The second-order valence-corrected chi connectivity index (χ2v) is 3.28. The Morgan fingerprint density at radius 2 is 1.93 bits per heavy atom. The molecule has 6 heteroatoms. The SMILES string of the molecule is COC1C(C)OC(C(=O)O)C(O)C1O. The molecule has 1 aliphatic heterocycles. The van der Waals surface area contributed by atoms with Crippen molar-refractivity contribution in [3.05, 3.63) is 0 Å². The van der Waals surface area contributed by atoms with Crippen molar-refractivity contribution in [1.29, 1.82) is 0 Å². The molecule has 0 aromatic heterocycles. The maximum Gasteiger partial charge on any atom is 0.335 e. The Kier molecular flexibility index (Phi) is 3.43. The summed E-state index contributed by atoms with van der Waals surface area (Å²) in [6, 6.07) is 0. The molecule has 82 valence electrons. The van der Waals surface area contributed by atoms with Gasteiger partial charge >= 0.3 is 5.97 Å². The van der Waals surface area contributed by atoms with Gasteiger partial charge in [0.25, 0.3) is 0 Å². The predicted molar refractivity (Wildman–Crippen MR) is 44.8 cm³/mol. The Labute approximate surface area is 81.1 Å². The number of ether oxygens (including phenoxy) is 2. The van der Waals surface area contributed by atoms with Gasteiger partial charge in [-0.05, 0) is 6.92 Å². The van der Waals surface area contributed by atoms with Crippen LogP contribution in [0, 0.1) is 0 Å². The molecule has 0 amide bonds. The third-order valence-electron chi connectivity index (χ3n) is 2.34. The van der Waals surface area contributed by atoms with E-state index in [2.05, 4.69) is 0 Å². The van der Waals surface area contributed by atoms with E-state index in [1.54, 1.807) is 6.92 Å². The second-order valence-electron chi connectivity index (χ2n) is 3.28. The van der Waals surface area contributed by atoms with Crippen molar-refractivity contribution in [2.75, 3.05) is 7.11 Å². The summed E-state index contributed by atoms with van der Waals surface area (Å²) >= 11 is 0. The lowest BCUT2D eigenvalue weighted by molar-refractivity contribution is -0.229. The van der Waals surface area contributed by atoms with Crippen LogP contribution in [0.4, 0.5) is 0 Å². The molecule has 5 unspecified atom stereocenters. The number of rotatable bonds is 2. The molecule has 0 aromatic rings. The molecule has 0 spiro atoms. The van der Waals surface area contributed by atoms with Crippen molar-refractivity contribution in [1.82, 2.24) is 0 Å². The molecule has 14 heavy (non-hydrogen) atoms. The highest BCUT2D eigenvalue weighted by Gasteiger charge is 2.45. The minimum atomic E-state index is -1.46. The first-order valence-electron chi connectivity index (χ1n) is 4.26. The lowest BCUT2D eigenvalue weighted by Gasteiger charge is -2.39. The number of hydrogen-bond acceptors (Lipinski definition) is 5. The normalized spacial score (nSPS) is 43.6. The average molecular weight is 206 g/mol. The fourth-order valence-electron chi connectivity index (χ4n) is 1.58. The quantitative estimate of drug-likeness (QED) is 0.514. The van der Waals surface area contributed by atoms with E-state index >= 15 is 0 Å². The van der Waals surface area contributed by atoms with Crippen LogP contribution < -0.4 is 0 Å². The van der Waals surface area contributed by atoms with Crippen molar-refractivity contribution in [2.24, 2.45) is 0 Å².